The molecular weight excluding hydrogens is 388 g/mol. The number of rotatable bonds is 6. The quantitative estimate of drug-likeness (QED) is 0.413. The van der Waals surface area contributed by atoms with Gasteiger partial charge in [0, 0.05) is 22.8 Å². The third kappa shape index (κ3) is 4.33. The number of ether oxygens (including phenoxy) is 1. The first-order valence-electron chi connectivity index (χ1n) is 9.04. The Kier molecular flexibility index (Phi) is 5.35. The largest absolute Gasteiger partial charge is 0.495 e. The maximum Gasteiger partial charge on any atom is 0.228 e. The van der Waals surface area contributed by atoms with Crippen molar-refractivity contribution in [3.05, 3.63) is 77.6 Å². The summed E-state index contributed by atoms with van der Waals surface area (Å²) >= 11 is 6.14. The third-order valence-corrected chi connectivity index (χ3v) is 4.79. The minimum Gasteiger partial charge on any atom is -0.495 e. The summed E-state index contributed by atoms with van der Waals surface area (Å²) < 4.78 is 5.15. The number of methoxy groups -OCH3 is 1. The van der Waals surface area contributed by atoms with Crippen LogP contribution in [0.3, 0.4) is 0 Å². The summed E-state index contributed by atoms with van der Waals surface area (Å²) in [4.78, 5) is 19.9. The Morgan fingerprint density at radius 3 is 2.72 bits per heavy atom. The van der Waals surface area contributed by atoms with Crippen LogP contribution in [0, 0.1) is 0 Å². The van der Waals surface area contributed by atoms with Gasteiger partial charge in [0.05, 0.1) is 30.4 Å². The number of amides is 1. The molecule has 2 aromatic heterocycles. The van der Waals surface area contributed by atoms with E-state index in [2.05, 4.69) is 20.6 Å². The molecule has 0 atom stereocenters. The van der Waals surface area contributed by atoms with Crippen LogP contribution in [0.5, 0.6) is 5.75 Å². The highest BCUT2D eigenvalue weighted by Gasteiger charge is 2.09. The molecule has 3 N–H and O–H groups in total. The summed E-state index contributed by atoms with van der Waals surface area (Å²) in [5.41, 5.74) is 3.40. The molecule has 0 aliphatic rings. The highest BCUT2D eigenvalue weighted by atomic mass is 35.5. The van der Waals surface area contributed by atoms with Crippen molar-refractivity contribution in [3.63, 3.8) is 0 Å². The predicted molar refractivity (Wildman–Crippen MR) is 116 cm³/mol. The van der Waals surface area contributed by atoms with Crippen LogP contribution < -0.4 is 15.4 Å². The molecule has 4 rings (SSSR count). The first-order chi connectivity index (χ1) is 14.1. The number of benzene rings is 2. The Morgan fingerprint density at radius 2 is 1.97 bits per heavy atom. The van der Waals surface area contributed by atoms with Crippen molar-refractivity contribution in [2.75, 3.05) is 17.7 Å². The van der Waals surface area contributed by atoms with Crippen LogP contribution in [0.1, 0.15) is 5.56 Å². The van der Waals surface area contributed by atoms with Gasteiger partial charge in [0.1, 0.15) is 11.6 Å². The molecule has 7 heteroatoms. The number of fused-ring (bicyclic) bond motifs is 1. The van der Waals surface area contributed by atoms with Gasteiger partial charge >= 0.3 is 0 Å². The second kappa shape index (κ2) is 8.24. The standard InChI is InChI=1S/C22H19ClN4O2/c1-29-20-8-6-15(11-18(20)23)26-21-9-7-16(13-25-21)27-22(28)10-14-12-24-19-5-3-2-4-17(14)19/h2-9,11-13,24H,10H2,1H3,(H,25,26)(H,27,28). The number of para-hydroxylation sites is 1. The molecule has 0 aliphatic heterocycles. The van der Waals surface area contributed by atoms with E-state index < -0.39 is 0 Å². The van der Waals surface area contributed by atoms with E-state index in [0.29, 0.717) is 22.3 Å². The molecule has 0 saturated carbocycles. The zero-order valence-corrected chi connectivity index (χ0v) is 16.5. The van der Waals surface area contributed by atoms with E-state index in [1.54, 1.807) is 37.6 Å². The number of anilines is 3. The molecule has 0 unspecified atom stereocenters. The molecule has 146 valence electrons. The molecule has 29 heavy (non-hydrogen) atoms. The van der Waals surface area contributed by atoms with Gasteiger partial charge in [0.25, 0.3) is 0 Å². The summed E-state index contributed by atoms with van der Waals surface area (Å²) in [6.45, 7) is 0. The Hall–Kier alpha value is -3.51. The van der Waals surface area contributed by atoms with E-state index in [1.165, 1.54) is 0 Å². The van der Waals surface area contributed by atoms with Crippen LogP contribution >= 0.6 is 11.6 Å². The van der Waals surface area contributed by atoms with Crippen molar-refractivity contribution >= 4 is 45.6 Å². The minimum absolute atomic E-state index is 0.0980. The molecule has 0 bridgehead atoms. The Labute approximate surface area is 172 Å². The molecule has 0 aliphatic carbocycles. The molecule has 0 saturated heterocycles. The molecule has 2 aromatic carbocycles. The topological polar surface area (TPSA) is 79.0 Å². The van der Waals surface area contributed by atoms with Gasteiger partial charge < -0.3 is 20.4 Å². The van der Waals surface area contributed by atoms with Crippen LogP contribution in [0.25, 0.3) is 10.9 Å². The van der Waals surface area contributed by atoms with Gasteiger partial charge in [-0.25, -0.2) is 4.98 Å². The smallest absolute Gasteiger partial charge is 0.228 e. The van der Waals surface area contributed by atoms with E-state index in [4.69, 9.17) is 16.3 Å². The maximum atomic E-state index is 12.4. The highest BCUT2D eigenvalue weighted by Crippen LogP contribution is 2.28. The SMILES string of the molecule is COc1ccc(Nc2ccc(NC(=O)Cc3c[nH]c4ccccc34)cn2)cc1Cl. The first-order valence-corrected chi connectivity index (χ1v) is 9.41. The van der Waals surface area contributed by atoms with Crippen LogP contribution in [-0.2, 0) is 11.2 Å². The van der Waals surface area contributed by atoms with Gasteiger partial charge in [-0.15, -0.1) is 0 Å². The molecule has 0 fully saturated rings. The summed E-state index contributed by atoms with van der Waals surface area (Å²) in [5, 5.41) is 7.61. The van der Waals surface area contributed by atoms with Crippen LogP contribution in [0.15, 0.2) is 67.0 Å². The number of carbonyl (C=O) groups excluding carboxylic acids is 1. The lowest BCUT2D eigenvalue weighted by Gasteiger charge is -2.09. The summed E-state index contributed by atoms with van der Waals surface area (Å²) in [6, 6.07) is 16.9. The van der Waals surface area contributed by atoms with E-state index in [9.17, 15) is 4.79 Å². The number of nitrogens with zero attached hydrogens (tertiary/aromatic N) is 1. The van der Waals surface area contributed by atoms with Crippen molar-refractivity contribution < 1.29 is 9.53 Å². The van der Waals surface area contributed by atoms with Gasteiger partial charge in [-0.1, -0.05) is 29.8 Å². The van der Waals surface area contributed by atoms with Crippen molar-refractivity contribution in [1.82, 2.24) is 9.97 Å². The van der Waals surface area contributed by atoms with Gasteiger partial charge in [-0.2, -0.15) is 0 Å². The Morgan fingerprint density at radius 1 is 1.14 bits per heavy atom. The number of pyridine rings is 1. The minimum atomic E-state index is -0.0980. The zero-order valence-electron chi connectivity index (χ0n) is 15.7. The second-order valence-electron chi connectivity index (χ2n) is 6.49. The molecule has 6 nitrogen and oxygen atoms in total. The lowest BCUT2D eigenvalue weighted by atomic mass is 10.1. The number of halogens is 1. The third-order valence-electron chi connectivity index (χ3n) is 4.50. The molecule has 2 heterocycles. The number of aromatic amines is 1. The molecule has 0 radical (unpaired) electrons. The predicted octanol–water partition coefficient (Wildman–Crippen LogP) is 5.15. The fourth-order valence-electron chi connectivity index (χ4n) is 3.09. The Bertz CT molecular complexity index is 1160. The van der Waals surface area contributed by atoms with Crippen molar-refractivity contribution in [1.29, 1.82) is 0 Å². The van der Waals surface area contributed by atoms with Crippen LogP contribution in [0.4, 0.5) is 17.2 Å². The van der Waals surface area contributed by atoms with Gasteiger partial charge in [-0.3, -0.25) is 4.79 Å². The second-order valence-corrected chi connectivity index (χ2v) is 6.90. The van der Waals surface area contributed by atoms with Crippen LogP contribution in [0.2, 0.25) is 5.02 Å². The number of hydrogen-bond acceptors (Lipinski definition) is 4. The monoisotopic (exact) mass is 406 g/mol. The fourth-order valence-corrected chi connectivity index (χ4v) is 3.35. The average Bonchev–Trinajstić information content (AvgIpc) is 3.12. The highest BCUT2D eigenvalue weighted by molar-refractivity contribution is 6.32. The normalized spacial score (nSPS) is 10.7. The number of carbonyl (C=O) groups is 1. The summed E-state index contributed by atoms with van der Waals surface area (Å²) in [5.74, 6) is 1.15. The van der Waals surface area contributed by atoms with E-state index in [-0.39, 0.29) is 12.3 Å². The maximum absolute atomic E-state index is 12.4. The van der Waals surface area contributed by atoms with Gasteiger partial charge in [0.2, 0.25) is 5.91 Å². The molecule has 0 spiro atoms. The van der Waals surface area contributed by atoms with Crippen molar-refractivity contribution in [2.45, 2.75) is 6.42 Å². The molecular formula is C22H19ClN4O2. The van der Waals surface area contributed by atoms with Gasteiger partial charge in [-0.05, 0) is 42.0 Å². The van der Waals surface area contributed by atoms with Gasteiger partial charge in [0.15, 0.2) is 0 Å². The molecule has 1 amide bonds. The number of hydrogen-bond donors (Lipinski definition) is 3. The molecule has 4 aromatic rings. The fraction of sp³-hybridized carbons (Fsp3) is 0.0909. The Balaban J connectivity index is 1.39. The number of aromatic nitrogens is 2. The van der Waals surface area contributed by atoms with E-state index in [1.807, 2.05) is 36.5 Å². The lowest BCUT2D eigenvalue weighted by Crippen LogP contribution is -2.14. The summed E-state index contributed by atoms with van der Waals surface area (Å²) in [6.07, 6.45) is 3.77. The number of H-pyrrole nitrogens is 1. The zero-order chi connectivity index (χ0) is 20.2. The summed E-state index contributed by atoms with van der Waals surface area (Å²) in [7, 11) is 1.57. The van der Waals surface area contributed by atoms with Crippen molar-refractivity contribution in [3.8, 4) is 5.75 Å². The lowest BCUT2D eigenvalue weighted by molar-refractivity contribution is -0.115. The number of nitrogens with one attached hydrogen (secondary N) is 3. The van der Waals surface area contributed by atoms with Crippen LogP contribution in [-0.4, -0.2) is 23.0 Å². The van der Waals surface area contributed by atoms with E-state index >= 15 is 0 Å². The first kappa shape index (κ1) is 18.8. The van der Waals surface area contributed by atoms with Crippen molar-refractivity contribution in [2.24, 2.45) is 0 Å². The average molecular weight is 407 g/mol. The van der Waals surface area contributed by atoms with E-state index in [0.717, 1.165) is 22.2 Å².